The maximum atomic E-state index is 12.2. The molecular formula is C19H19N7O3. The van der Waals surface area contributed by atoms with E-state index >= 15 is 0 Å². The van der Waals surface area contributed by atoms with Crippen molar-refractivity contribution in [3.8, 4) is 11.6 Å². The molecule has 0 aliphatic rings. The number of urea groups is 1. The van der Waals surface area contributed by atoms with Crippen molar-refractivity contribution >= 4 is 28.6 Å². The Morgan fingerprint density at radius 3 is 2.66 bits per heavy atom. The van der Waals surface area contributed by atoms with E-state index < -0.39 is 6.03 Å². The van der Waals surface area contributed by atoms with Gasteiger partial charge in [0.1, 0.15) is 17.5 Å². The highest BCUT2D eigenvalue weighted by molar-refractivity contribution is 5.98. The van der Waals surface area contributed by atoms with Gasteiger partial charge in [-0.1, -0.05) is 25.9 Å². The second-order valence-corrected chi connectivity index (χ2v) is 7.34. The number of aromatic nitrogens is 5. The molecule has 4 aromatic rings. The smallest absolute Gasteiger partial charge is 0.326 e. The van der Waals surface area contributed by atoms with E-state index in [0.29, 0.717) is 28.4 Å². The molecule has 1 aromatic carbocycles. The molecule has 0 radical (unpaired) electrons. The summed E-state index contributed by atoms with van der Waals surface area (Å²) in [4.78, 5) is 20.4. The molecule has 3 N–H and O–H groups in total. The van der Waals surface area contributed by atoms with Crippen LogP contribution in [0.25, 0.3) is 11.0 Å². The lowest BCUT2D eigenvalue weighted by Crippen LogP contribution is -2.19. The lowest BCUT2D eigenvalue weighted by atomic mass is 9.92. The zero-order chi connectivity index (χ0) is 20.4. The van der Waals surface area contributed by atoms with Crippen LogP contribution >= 0.6 is 0 Å². The van der Waals surface area contributed by atoms with Gasteiger partial charge in [0.2, 0.25) is 11.8 Å². The van der Waals surface area contributed by atoms with Crippen molar-refractivity contribution in [2.45, 2.75) is 26.2 Å². The van der Waals surface area contributed by atoms with Gasteiger partial charge in [0, 0.05) is 17.2 Å². The molecule has 0 saturated carbocycles. The Balaban J connectivity index is 1.38. The number of hydrogen-bond donors (Lipinski definition) is 3. The summed E-state index contributed by atoms with van der Waals surface area (Å²) in [5, 5.41) is 16.7. The van der Waals surface area contributed by atoms with Crippen LogP contribution in [0, 0.1) is 0 Å². The summed E-state index contributed by atoms with van der Waals surface area (Å²) in [6, 6.07) is 8.12. The minimum atomic E-state index is -0.439. The number of carbonyl (C=O) groups excluding carboxylic acids is 1. The Hall–Kier alpha value is -3.95. The van der Waals surface area contributed by atoms with Gasteiger partial charge in [-0.3, -0.25) is 10.4 Å². The monoisotopic (exact) mass is 393 g/mol. The van der Waals surface area contributed by atoms with E-state index in [9.17, 15) is 4.79 Å². The third-order valence-corrected chi connectivity index (χ3v) is 4.05. The molecule has 0 aliphatic heterocycles. The maximum Gasteiger partial charge on any atom is 0.326 e. The second kappa shape index (κ2) is 7.23. The summed E-state index contributed by atoms with van der Waals surface area (Å²) in [5.74, 6) is 1.23. The van der Waals surface area contributed by atoms with Gasteiger partial charge in [-0.2, -0.15) is 5.10 Å². The number of hydrogen-bond acceptors (Lipinski definition) is 7. The van der Waals surface area contributed by atoms with Gasteiger partial charge < -0.3 is 14.6 Å². The maximum absolute atomic E-state index is 12.2. The van der Waals surface area contributed by atoms with Crippen molar-refractivity contribution in [2.75, 3.05) is 10.6 Å². The van der Waals surface area contributed by atoms with Crippen LogP contribution in [0.1, 0.15) is 26.5 Å². The van der Waals surface area contributed by atoms with E-state index in [-0.39, 0.29) is 11.3 Å². The number of benzene rings is 1. The minimum absolute atomic E-state index is 0.165. The number of anilines is 2. The van der Waals surface area contributed by atoms with Crippen molar-refractivity contribution in [3.63, 3.8) is 0 Å². The third-order valence-electron chi connectivity index (χ3n) is 4.05. The van der Waals surface area contributed by atoms with Gasteiger partial charge in [0.15, 0.2) is 5.65 Å². The quantitative estimate of drug-likeness (QED) is 0.476. The summed E-state index contributed by atoms with van der Waals surface area (Å²) in [7, 11) is 0. The SMILES string of the molecule is CC(C)(C)c1cc(NC(=O)Nc2ccc(Oc3ncnc4[nH]ncc34)cc2)on1. The van der Waals surface area contributed by atoms with E-state index in [0.717, 1.165) is 5.69 Å². The highest BCUT2D eigenvalue weighted by atomic mass is 16.5. The van der Waals surface area contributed by atoms with Crippen molar-refractivity contribution in [3.05, 3.63) is 48.5 Å². The molecule has 0 atom stereocenters. The first-order chi connectivity index (χ1) is 13.9. The Kier molecular flexibility index (Phi) is 4.59. The molecule has 10 nitrogen and oxygen atoms in total. The summed E-state index contributed by atoms with van der Waals surface area (Å²) < 4.78 is 10.9. The first kappa shape index (κ1) is 18.4. The normalized spacial score (nSPS) is 11.4. The van der Waals surface area contributed by atoms with E-state index in [4.69, 9.17) is 9.26 Å². The highest BCUT2D eigenvalue weighted by Gasteiger charge is 2.19. The summed E-state index contributed by atoms with van der Waals surface area (Å²) >= 11 is 0. The van der Waals surface area contributed by atoms with Crippen molar-refractivity contribution < 1.29 is 14.1 Å². The number of nitrogens with one attached hydrogen (secondary N) is 3. The first-order valence-corrected chi connectivity index (χ1v) is 8.86. The Morgan fingerprint density at radius 2 is 1.93 bits per heavy atom. The number of nitrogens with zero attached hydrogens (tertiary/aromatic N) is 4. The zero-order valence-electron chi connectivity index (χ0n) is 16.1. The van der Waals surface area contributed by atoms with Crippen LogP contribution in [-0.2, 0) is 5.41 Å². The van der Waals surface area contributed by atoms with Gasteiger partial charge >= 0.3 is 6.03 Å². The Bertz CT molecular complexity index is 1140. The molecule has 0 unspecified atom stereocenters. The summed E-state index contributed by atoms with van der Waals surface area (Å²) in [6.07, 6.45) is 2.99. The van der Waals surface area contributed by atoms with Gasteiger partial charge in [-0.15, -0.1) is 0 Å². The van der Waals surface area contributed by atoms with E-state index in [1.54, 1.807) is 36.5 Å². The summed E-state index contributed by atoms with van der Waals surface area (Å²) in [5.41, 5.74) is 1.76. The fraction of sp³-hybridized carbons (Fsp3) is 0.211. The first-order valence-electron chi connectivity index (χ1n) is 8.86. The average molecular weight is 393 g/mol. The van der Waals surface area contributed by atoms with Crippen LogP contribution in [0.4, 0.5) is 16.4 Å². The average Bonchev–Trinajstić information content (AvgIpc) is 3.33. The summed E-state index contributed by atoms with van der Waals surface area (Å²) in [6.45, 7) is 6.03. The zero-order valence-corrected chi connectivity index (χ0v) is 16.1. The number of ether oxygens (including phenoxy) is 1. The molecule has 10 heteroatoms. The van der Waals surface area contributed by atoms with Crippen LogP contribution in [0.5, 0.6) is 11.6 Å². The Morgan fingerprint density at radius 1 is 1.14 bits per heavy atom. The number of fused-ring (bicyclic) bond motifs is 1. The fourth-order valence-electron chi connectivity index (χ4n) is 2.50. The Labute approximate surface area is 165 Å². The van der Waals surface area contributed by atoms with Crippen LogP contribution in [0.15, 0.2) is 47.4 Å². The largest absolute Gasteiger partial charge is 0.438 e. The number of rotatable bonds is 4. The lowest BCUT2D eigenvalue weighted by Gasteiger charge is -2.12. The molecule has 3 heterocycles. The van der Waals surface area contributed by atoms with Crippen molar-refractivity contribution in [2.24, 2.45) is 0 Å². The van der Waals surface area contributed by atoms with Crippen LogP contribution in [0.2, 0.25) is 0 Å². The van der Waals surface area contributed by atoms with Crippen molar-refractivity contribution in [1.82, 2.24) is 25.3 Å². The molecule has 4 rings (SSSR count). The molecule has 0 bridgehead atoms. The van der Waals surface area contributed by atoms with Crippen LogP contribution in [-0.4, -0.2) is 31.4 Å². The van der Waals surface area contributed by atoms with Gasteiger partial charge in [0.25, 0.3) is 0 Å². The highest BCUT2D eigenvalue weighted by Crippen LogP contribution is 2.27. The van der Waals surface area contributed by atoms with Gasteiger partial charge in [0.05, 0.1) is 11.9 Å². The van der Waals surface area contributed by atoms with E-state index in [2.05, 4.69) is 36.0 Å². The van der Waals surface area contributed by atoms with Crippen LogP contribution in [0.3, 0.4) is 0 Å². The van der Waals surface area contributed by atoms with E-state index in [1.165, 1.54) is 6.33 Å². The fourth-order valence-corrected chi connectivity index (χ4v) is 2.50. The second-order valence-electron chi connectivity index (χ2n) is 7.34. The predicted octanol–water partition coefficient (Wildman–Crippen LogP) is 4.07. The molecule has 2 amide bonds. The number of amides is 2. The molecule has 0 aliphatic carbocycles. The predicted molar refractivity (Wildman–Crippen MR) is 106 cm³/mol. The molecule has 0 saturated heterocycles. The number of carbonyl (C=O) groups is 1. The van der Waals surface area contributed by atoms with E-state index in [1.807, 2.05) is 20.8 Å². The van der Waals surface area contributed by atoms with Gasteiger partial charge in [-0.05, 0) is 24.3 Å². The van der Waals surface area contributed by atoms with Gasteiger partial charge in [-0.25, -0.2) is 14.8 Å². The standard InChI is InChI=1S/C19H19N7O3/c1-19(2,3)14-8-15(29-26-14)24-18(27)23-11-4-6-12(7-5-11)28-17-13-9-22-25-16(13)20-10-21-17/h4-10H,1-3H3,(H2,23,24,27)(H,20,21,22,25). The topological polar surface area (TPSA) is 131 Å². The number of H-pyrrole nitrogens is 1. The van der Waals surface area contributed by atoms with Crippen LogP contribution < -0.4 is 15.4 Å². The molecule has 148 valence electrons. The number of aromatic amines is 1. The molecule has 29 heavy (non-hydrogen) atoms. The minimum Gasteiger partial charge on any atom is -0.438 e. The lowest BCUT2D eigenvalue weighted by molar-refractivity contribution is 0.261. The molecule has 0 spiro atoms. The molecule has 3 aromatic heterocycles. The third kappa shape index (κ3) is 4.15. The molecule has 0 fully saturated rings. The van der Waals surface area contributed by atoms with Crippen molar-refractivity contribution in [1.29, 1.82) is 0 Å². The molecular weight excluding hydrogens is 374 g/mol.